The number of hydrogen-bond acceptors (Lipinski definition) is 3. The van der Waals surface area contributed by atoms with Gasteiger partial charge in [-0.3, -0.25) is 9.59 Å². The lowest BCUT2D eigenvalue weighted by molar-refractivity contribution is -0.118. The van der Waals surface area contributed by atoms with Crippen molar-refractivity contribution in [1.82, 2.24) is 5.32 Å². The summed E-state index contributed by atoms with van der Waals surface area (Å²) in [5, 5.41) is 5.87. The van der Waals surface area contributed by atoms with Crippen molar-refractivity contribution >= 4 is 17.5 Å². The third-order valence-corrected chi connectivity index (χ3v) is 4.76. The van der Waals surface area contributed by atoms with E-state index in [0.717, 1.165) is 18.4 Å². The van der Waals surface area contributed by atoms with Crippen LogP contribution in [-0.2, 0) is 4.79 Å². The molecule has 5 nitrogen and oxygen atoms in total. The quantitative estimate of drug-likeness (QED) is 0.810. The summed E-state index contributed by atoms with van der Waals surface area (Å²) in [6.07, 6.45) is 5.73. The van der Waals surface area contributed by atoms with Crippen molar-refractivity contribution in [3.8, 4) is 5.75 Å². The third-order valence-electron chi connectivity index (χ3n) is 4.76. The van der Waals surface area contributed by atoms with E-state index in [2.05, 4.69) is 10.6 Å². The normalized spacial score (nSPS) is 14.4. The van der Waals surface area contributed by atoms with Crippen LogP contribution in [0.4, 0.5) is 5.69 Å². The molecule has 2 aromatic carbocycles. The Labute approximate surface area is 160 Å². The SMILES string of the molecule is Cc1ccc(OCC(=O)Nc2ccc(C(=O)NC3CCCCC3)cc2)cc1. The van der Waals surface area contributed by atoms with Crippen molar-refractivity contribution < 1.29 is 14.3 Å². The number of rotatable bonds is 6. The Balaban J connectivity index is 1.47. The molecule has 0 unspecified atom stereocenters. The predicted octanol–water partition coefficient (Wildman–Crippen LogP) is 4.08. The van der Waals surface area contributed by atoms with Gasteiger partial charge in [-0.1, -0.05) is 37.0 Å². The molecule has 0 heterocycles. The molecule has 27 heavy (non-hydrogen) atoms. The monoisotopic (exact) mass is 366 g/mol. The van der Waals surface area contributed by atoms with Crippen LogP contribution < -0.4 is 15.4 Å². The van der Waals surface area contributed by atoms with Gasteiger partial charge in [0.05, 0.1) is 0 Å². The Bertz CT molecular complexity index is 763. The number of carbonyl (C=O) groups excluding carboxylic acids is 2. The smallest absolute Gasteiger partial charge is 0.262 e. The Morgan fingerprint density at radius 1 is 0.963 bits per heavy atom. The van der Waals surface area contributed by atoms with Crippen LogP contribution in [-0.4, -0.2) is 24.5 Å². The van der Waals surface area contributed by atoms with E-state index in [1.54, 1.807) is 24.3 Å². The van der Waals surface area contributed by atoms with Gasteiger partial charge in [-0.15, -0.1) is 0 Å². The van der Waals surface area contributed by atoms with E-state index in [9.17, 15) is 9.59 Å². The Morgan fingerprint density at radius 2 is 1.63 bits per heavy atom. The molecular formula is C22H26N2O3. The minimum atomic E-state index is -0.241. The fourth-order valence-corrected chi connectivity index (χ4v) is 3.20. The average Bonchev–Trinajstić information content (AvgIpc) is 2.69. The number of aryl methyl sites for hydroxylation is 1. The molecule has 5 heteroatoms. The molecule has 1 aliphatic rings. The highest BCUT2D eigenvalue weighted by Crippen LogP contribution is 2.18. The summed E-state index contributed by atoms with van der Waals surface area (Å²) in [5.41, 5.74) is 2.38. The zero-order chi connectivity index (χ0) is 19.1. The summed E-state index contributed by atoms with van der Waals surface area (Å²) in [5.74, 6) is 0.364. The van der Waals surface area contributed by atoms with Crippen LogP contribution in [0.5, 0.6) is 5.75 Å². The molecule has 0 aliphatic heterocycles. The lowest BCUT2D eigenvalue weighted by Crippen LogP contribution is -2.36. The lowest BCUT2D eigenvalue weighted by Gasteiger charge is -2.22. The van der Waals surface area contributed by atoms with Gasteiger partial charge in [0, 0.05) is 17.3 Å². The average molecular weight is 366 g/mol. The summed E-state index contributed by atoms with van der Waals surface area (Å²) in [4.78, 5) is 24.3. The fourth-order valence-electron chi connectivity index (χ4n) is 3.20. The molecule has 0 radical (unpaired) electrons. The van der Waals surface area contributed by atoms with Gasteiger partial charge < -0.3 is 15.4 Å². The van der Waals surface area contributed by atoms with Crippen molar-refractivity contribution in [3.05, 3.63) is 59.7 Å². The molecule has 0 saturated heterocycles. The Hall–Kier alpha value is -2.82. The number of hydrogen-bond donors (Lipinski definition) is 2. The highest BCUT2D eigenvalue weighted by molar-refractivity contribution is 5.96. The first kappa shape index (κ1) is 19.0. The highest BCUT2D eigenvalue weighted by atomic mass is 16.5. The number of ether oxygens (including phenoxy) is 1. The molecule has 142 valence electrons. The van der Waals surface area contributed by atoms with Crippen molar-refractivity contribution in [2.45, 2.75) is 45.1 Å². The number of amides is 2. The first-order valence-electron chi connectivity index (χ1n) is 9.50. The topological polar surface area (TPSA) is 67.4 Å². The molecule has 3 rings (SSSR count). The second-order valence-corrected chi connectivity index (χ2v) is 7.04. The second kappa shape index (κ2) is 9.21. The molecule has 0 atom stereocenters. The molecule has 0 aromatic heterocycles. The van der Waals surface area contributed by atoms with Gasteiger partial charge in [-0.2, -0.15) is 0 Å². The van der Waals surface area contributed by atoms with Gasteiger partial charge in [0.25, 0.3) is 11.8 Å². The van der Waals surface area contributed by atoms with Crippen molar-refractivity contribution in [3.63, 3.8) is 0 Å². The van der Waals surface area contributed by atoms with Gasteiger partial charge in [0.1, 0.15) is 5.75 Å². The van der Waals surface area contributed by atoms with E-state index < -0.39 is 0 Å². The molecule has 0 bridgehead atoms. The van der Waals surface area contributed by atoms with Crippen molar-refractivity contribution in [1.29, 1.82) is 0 Å². The maximum atomic E-state index is 12.3. The van der Waals surface area contributed by atoms with E-state index in [4.69, 9.17) is 4.74 Å². The summed E-state index contributed by atoms with van der Waals surface area (Å²) in [6, 6.07) is 14.8. The summed E-state index contributed by atoms with van der Waals surface area (Å²) in [6.45, 7) is 1.93. The molecule has 0 spiro atoms. The van der Waals surface area contributed by atoms with Crippen molar-refractivity contribution in [2.75, 3.05) is 11.9 Å². The minimum Gasteiger partial charge on any atom is -0.484 e. The largest absolute Gasteiger partial charge is 0.484 e. The van der Waals surface area contributed by atoms with Gasteiger partial charge in [0.2, 0.25) is 0 Å². The van der Waals surface area contributed by atoms with Crippen LogP contribution in [0, 0.1) is 6.92 Å². The number of anilines is 1. The third kappa shape index (κ3) is 5.84. The summed E-state index contributed by atoms with van der Waals surface area (Å²) >= 11 is 0. The number of nitrogens with one attached hydrogen (secondary N) is 2. The second-order valence-electron chi connectivity index (χ2n) is 7.04. The van der Waals surface area contributed by atoms with E-state index in [1.807, 2.05) is 31.2 Å². The molecule has 1 fully saturated rings. The first-order valence-corrected chi connectivity index (χ1v) is 9.50. The van der Waals surface area contributed by atoms with Gasteiger partial charge in [0.15, 0.2) is 6.61 Å². The zero-order valence-corrected chi connectivity index (χ0v) is 15.7. The standard InChI is InChI=1S/C22H26N2O3/c1-16-7-13-20(14-8-16)27-15-21(25)23-19-11-9-17(10-12-19)22(26)24-18-5-3-2-4-6-18/h7-14,18H,2-6,15H2,1H3,(H,23,25)(H,24,26). The van der Waals surface area contributed by atoms with E-state index in [0.29, 0.717) is 17.0 Å². The van der Waals surface area contributed by atoms with Crippen LogP contribution in [0.1, 0.15) is 48.0 Å². The predicted molar refractivity (Wildman–Crippen MR) is 106 cm³/mol. The van der Waals surface area contributed by atoms with E-state index in [-0.39, 0.29) is 24.5 Å². The maximum absolute atomic E-state index is 12.3. The van der Waals surface area contributed by atoms with E-state index >= 15 is 0 Å². The molecule has 2 amide bonds. The Morgan fingerprint density at radius 3 is 2.30 bits per heavy atom. The zero-order valence-electron chi connectivity index (χ0n) is 15.7. The van der Waals surface area contributed by atoms with Crippen LogP contribution in [0.2, 0.25) is 0 Å². The van der Waals surface area contributed by atoms with Gasteiger partial charge in [-0.05, 0) is 56.2 Å². The van der Waals surface area contributed by atoms with Crippen LogP contribution >= 0.6 is 0 Å². The minimum absolute atomic E-state index is 0.0533. The van der Waals surface area contributed by atoms with Gasteiger partial charge >= 0.3 is 0 Å². The van der Waals surface area contributed by atoms with Crippen LogP contribution in [0.25, 0.3) is 0 Å². The summed E-state index contributed by atoms with van der Waals surface area (Å²) in [7, 11) is 0. The fraction of sp³-hybridized carbons (Fsp3) is 0.364. The van der Waals surface area contributed by atoms with Crippen LogP contribution in [0.3, 0.4) is 0 Å². The molecule has 1 saturated carbocycles. The molecule has 1 aliphatic carbocycles. The number of carbonyl (C=O) groups is 2. The molecular weight excluding hydrogens is 340 g/mol. The van der Waals surface area contributed by atoms with E-state index in [1.165, 1.54) is 19.3 Å². The lowest BCUT2D eigenvalue weighted by atomic mass is 9.95. The number of benzene rings is 2. The Kier molecular flexibility index (Phi) is 6.47. The molecule has 2 N–H and O–H groups in total. The van der Waals surface area contributed by atoms with Crippen LogP contribution in [0.15, 0.2) is 48.5 Å². The molecule has 2 aromatic rings. The van der Waals surface area contributed by atoms with Crippen molar-refractivity contribution in [2.24, 2.45) is 0 Å². The summed E-state index contributed by atoms with van der Waals surface area (Å²) < 4.78 is 5.47. The first-order chi connectivity index (χ1) is 13.1. The van der Waals surface area contributed by atoms with Gasteiger partial charge in [-0.25, -0.2) is 0 Å². The maximum Gasteiger partial charge on any atom is 0.262 e. The highest BCUT2D eigenvalue weighted by Gasteiger charge is 2.16.